The molecule has 0 aromatic carbocycles. The van der Waals surface area contributed by atoms with Crippen LogP contribution in [0.4, 0.5) is 0 Å². The molecule has 1 aromatic heterocycles. The van der Waals surface area contributed by atoms with Gasteiger partial charge >= 0.3 is 0 Å². The first kappa shape index (κ1) is 13.5. The standard InChI is InChI=1S/C15H25N3S/c1-2-4-15-12(3-1)5-6-13(18-15)9-16-8-7-14-10-19-11-17-14/h10-13,15-16,18H,1-9H2. The zero-order valence-corrected chi connectivity index (χ0v) is 12.4. The molecular formula is C15H25N3S. The van der Waals surface area contributed by atoms with E-state index in [2.05, 4.69) is 21.0 Å². The molecule has 0 radical (unpaired) electrons. The smallest absolute Gasteiger partial charge is 0.0794 e. The fourth-order valence-corrected chi connectivity index (χ4v) is 4.18. The van der Waals surface area contributed by atoms with Crippen LogP contribution >= 0.6 is 11.3 Å². The van der Waals surface area contributed by atoms with Gasteiger partial charge in [0.1, 0.15) is 0 Å². The summed E-state index contributed by atoms with van der Waals surface area (Å²) in [5.41, 5.74) is 3.14. The van der Waals surface area contributed by atoms with Crippen molar-refractivity contribution in [2.75, 3.05) is 13.1 Å². The maximum atomic E-state index is 4.32. The molecule has 2 heterocycles. The zero-order valence-electron chi connectivity index (χ0n) is 11.6. The van der Waals surface area contributed by atoms with Gasteiger partial charge in [0, 0.05) is 37.0 Å². The second-order valence-electron chi connectivity index (χ2n) is 6.03. The summed E-state index contributed by atoms with van der Waals surface area (Å²) in [6.07, 6.45) is 9.60. The molecule has 1 saturated carbocycles. The molecule has 3 rings (SSSR count). The Balaban J connectivity index is 1.34. The van der Waals surface area contributed by atoms with E-state index >= 15 is 0 Å². The molecule has 106 valence electrons. The third kappa shape index (κ3) is 3.77. The Labute approximate surface area is 120 Å². The first-order valence-electron chi connectivity index (χ1n) is 7.75. The zero-order chi connectivity index (χ0) is 12.9. The topological polar surface area (TPSA) is 37.0 Å². The quantitative estimate of drug-likeness (QED) is 0.814. The van der Waals surface area contributed by atoms with Crippen molar-refractivity contribution in [1.29, 1.82) is 0 Å². The fraction of sp³-hybridized carbons (Fsp3) is 0.800. The van der Waals surface area contributed by atoms with E-state index in [-0.39, 0.29) is 0 Å². The molecule has 3 nitrogen and oxygen atoms in total. The first-order valence-corrected chi connectivity index (χ1v) is 8.70. The van der Waals surface area contributed by atoms with Gasteiger partial charge in [-0.25, -0.2) is 4.98 Å². The molecule has 2 aliphatic rings. The summed E-state index contributed by atoms with van der Waals surface area (Å²) < 4.78 is 0. The molecule has 4 heteroatoms. The van der Waals surface area contributed by atoms with Crippen LogP contribution in [0.15, 0.2) is 10.9 Å². The minimum Gasteiger partial charge on any atom is -0.315 e. The van der Waals surface area contributed by atoms with Gasteiger partial charge in [-0.3, -0.25) is 0 Å². The average molecular weight is 279 g/mol. The van der Waals surface area contributed by atoms with Gasteiger partial charge in [-0.15, -0.1) is 11.3 Å². The molecule has 3 atom stereocenters. The molecule has 1 aromatic rings. The predicted molar refractivity (Wildman–Crippen MR) is 80.6 cm³/mol. The molecule has 2 fully saturated rings. The molecule has 2 N–H and O–H groups in total. The van der Waals surface area contributed by atoms with Crippen molar-refractivity contribution >= 4 is 11.3 Å². The monoisotopic (exact) mass is 279 g/mol. The molecule has 0 amide bonds. The van der Waals surface area contributed by atoms with Crippen molar-refractivity contribution < 1.29 is 0 Å². The largest absolute Gasteiger partial charge is 0.315 e. The van der Waals surface area contributed by atoms with E-state index in [1.165, 1.54) is 44.2 Å². The molecule has 1 aliphatic heterocycles. The number of fused-ring (bicyclic) bond motifs is 1. The van der Waals surface area contributed by atoms with E-state index in [0.29, 0.717) is 6.04 Å². The van der Waals surface area contributed by atoms with Crippen molar-refractivity contribution in [3.63, 3.8) is 0 Å². The summed E-state index contributed by atoms with van der Waals surface area (Å²) in [6.45, 7) is 2.17. The number of nitrogens with one attached hydrogen (secondary N) is 2. The van der Waals surface area contributed by atoms with Crippen LogP contribution in [0.2, 0.25) is 0 Å². The minimum absolute atomic E-state index is 0.690. The van der Waals surface area contributed by atoms with Crippen LogP contribution in [0.1, 0.15) is 44.2 Å². The second kappa shape index (κ2) is 6.82. The highest BCUT2D eigenvalue weighted by Gasteiger charge is 2.31. The van der Waals surface area contributed by atoms with Crippen molar-refractivity contribution in [3.05, 3.63) is 16.6 Å². The number of hydrogen-bond acceptors (Lipinski definition) is 4. The Morgan fingerprint density at radius 2 is 2.21 bits per heavy atom. The molecule has 1 aliphatic carbocycles. The van der Waals surface area contributed by atoms with Crippen molar-refractivity contribution in [3.8, 4) is 0 Å². The number of nitrogens with zero attached hydrogens (tertiary/aromatic N) is 1. The lowest BCUT2D eigenvalue weighted by Crippen LogP contribution is -2.52. The van der Waals surface area contributed by atoms with Crippen LogP contribution < -0.4 is 10.6 Å². The van der Waals surface area contributed by atoms with E-state index in [4.69, 9.17) is 0 Å². The normalized spacial score (nSPS) is 31.1. The van der Waals surface area contributed by atoms with Crippen LogP contribution in [-0.2, 0) is 6.42 Å². The Bertz CT molecular complexity index is 365. The number of rotatable bonds is 5. The Morgan fingerprint density at radius 3 is 3.11 bits per heavy atom. The molecule has 0 bridgehead atoms. The number of aromatic nitrogens is 1. The highest BCUT2D eigenvalue weighted by molar-refractivity contribution is 7.07. The molecular weight excluding hydrogens is 254 g/mol. The van der Waals surface area contributed by atoms with E-state index in [9.17, 15) is 0 Å². The van der Waals surface area contributed by atoms with Crippen LogP contribution in [0.25, 0.3) is 0 Å². The Morgan fingerprint density at radius 1 is 1.26 bits per heavy atom. The van der Waals surface area contributed by atoms with Crippen LogP contribution in [0, 0.1) is 5.92 Å². The highest BCUT2D eigenvalue weighted by atomic mass is 32.1. The van der Waals surface area contributed by atoms with Gasteiger partial charge < -0.3 is 10.6 Å². The first-order chi connectivity index (χ1) is 9.42. The summed E-state index contributed by atoms with van der Waals surface area (Å²) in [7, 11) is 0. The van der Waals surface area contributed by atoms with Crippen molar-refractivity contribution in [2.45, 2.75) is 57.0 Å². The highest BCUT2D eigenvalue weighted by Crippen LogP contribution is 2.31. The maximum absolute atomic E-state index is 4.32. The summed E-state index contributed by atoms with van der Waals surface area (Å²) in [4.78, 5) is 4.32. The molecule has 19 heavy (non-hydrogen) atoms. The molecule has 0 spiro atoms. The fourth-order valence-electron chi connectivity index (χ4n) is 3.59. The predicted octanol–water partition coefficient (Wildman–Crippen LogP) is 2.59. The minimum atomic E-state index is 0.690. The number of hydrogen-bond donors (Lipinski definition) is 2. The Kier molecular flexibility index (Phi) is 4.86. The SMILES string of the molecule is c1nc(CCNCC2CCC3CCCCC3N2)cs1. The second-order valence-corrected chi connectivity index (χ2v) is 6.74. The van der Waals surface area contributed by atoms with Crippen LogP contribution in [0.3, 0.4) is 0 Å². The van der Waals surface area contributed by atoms with Gasteiger partial charge in [-0.05, 0) is 31.6 Å². The van der Waals surface area contributed by atoms with Gasteiger partial charge in [0.15, 0.2) is 0 Å². The van der Waals surface area contributed by atoms with Crippen molar-refractivity contribution in [1.82, 2.24) is 15.6 Å². The lowest BCUT2D eigenvalue weighted by molar-refractivity contribution is 0.174. The summed E-state index contributed by atoms with van der Waals surface area (Å²) in [5.74, 6) is 0.972. The van der Waals surface area contributed by atoms with Gasteiger partial charge in [0.2, 0.25) is 0 Å². The van der Waals surface area contributed by atoms with Gasteiger partial charge in [0.25, 0.3) is 0 Å². The maximum Gasteiger partial charge on any atom is 0.0794 e. The lowest BCUT2D eigenvalue weighted by Gasteiger charge is -2.40. The number of piperidine rings is 1. The lowest BCUT2D eigenvalue weighted by atomic mass is 9.78. The van der Waals surface area contributed by atoms with Crippen LogP contribution in [-0.4, -0.2) is 30.2 Å². The van der Waals surface area contributed by atoms with Gasteiger partial charge in [-0.1, -0.05) is 12.8 Å². The summed E-state index contributed by atoms with van der Waals surface area (Å²) >= 11 is 1.69. The number of thiazole rings is 1. The van der Waals surface area contributed by atoms with Crippen LogP contribution in [0.5, 0.6) is 0 Å². The van der Waals surface area contributed by atoms with E-state index in [1.807, 2.05) is 5.51 Å². The molecule has 3 unspecified atom stereocenters. The third-order valence-corrected chi connectivity index (χ3v) is 5.31. The summed E-state index contributed by atoms with van der Waals surface area (Å²) in [5, 5.41) is 9.61. The van der Waals surface area contributed by atoms with Gasteiger partial charge in [0.05, 0.1) is 11.2 Å². The van der Waals surface area contributed by atoms with Gasteiger partial charge in [-0.2, -0.15) is 0 Å². The van der Waals surface area contributed by atoms with E-state index in [0.717, 1.165) is 31.5 Å². The van der Waals surface area contributed by atoms with E-state index in [1.54, 1.807) is 11.3 Å². The molecule has 1 saturated heterocycles. The van der Waals surface area contributed by atoms with Crippen molar-refractivity contribution in [2.24, 2.45) is 5.92 Å². The average Bonchev–Trinajstić information content (AvgIpc) is 2.97. The summed E-state index contributed by atoms with van der Waals surface area (Å²) in [6, 6.07) is 1.50. The van der Waals surface area contributed by atoms with E-state index < -0.39 is 0 Å². The third-order valence-electron chi connectivity index (χ3n) is 4.68. The Hall–Kier alpha value is -0.450.